The van der Waals surface area contributed by atoms with Gasteiger partial charge in [0, 0.05) is 32.1 Å². The normalized spacial score (nSPS) is 17.7. The van der Waals surface area contributed by atoms with Crippen molar-refractivity contribution in [2.75, 3.05) is 6.54 Å². The predicted octanol–water partition coefficient (Wildman–Crippen LogP) is 2.86. The topological polar surface area (TPSA) is 59.4 Å². The fraction of sp³-hybridized carbons (Fsp3) is 0.524. The van der Waals surface area contributed by atoms with Crippen LogP contribution in [-0.2, 0) is 31.0 Å². The number of para-hydroxylation sites is 1. The SMILES string of the molecule is CC(=O)NCc1cc2n(n1)CCN(Cc1ccccc1OC1CCCC1)C2. The third kappa shape index (κ3) is 4.50. The van der Waals surface area contributed by atoms with Crippen LogP contribution in [0.25, 0.3) is 0 Å². The second-order valence-corrected chi connectivity index (χ2v) is 7.60. The number of amides is 1. The molecule has 1 N–H and O–H groups in total. The van der Waals surface area contributed by atoms with Gasteiger partial charge in [-0.15, -0.1) is 0 Å². The van der Waals surface area contributed by atoms with Crippen LogP contribution in [0.1, 0.15) is 49.6 Å². The Morgan fingerprint density at radius 3 is 2.89 bits per heavy atom. The third-order valence-electron chi connectivity index (χ3n) is 5.41. The molecule has 27 heavy (non-hydrogen) atoms. The van der Waals surface area contributed by atoms with E-state index in [1.807, 2.05) is 0 Å². The van der Waals surface area contributed by atoms with Crippen molar-refractivity contribution >= 4 is 5.91 Å². The molecule has 6 nitrogen and oxygen atoms in total. The first-order valence-electron chi connectivity index (χ1n) is 9.94. The van der Waals surface area contributed by atoms with Crippen molar-refractivity contribution in [1.82, 2.24) is 20.0 Å². The number of rotatable bonds is 6. The zero-order valence-electron chi connectivity index (χ0n) is 16.0. The maximum Gasteiger partial charge on any atom is 0.217 e. The molecule has 2 heterocycles. The lowest BCUT2D eigenvalue weighted by molar-refractivity contribution is -0.119. The highest BCUT2D eigenvalue weighted by Gasteiger charge is 2.21. The molecule has 0 unspecified atom stereocenters. The molecule has 1 aliphatic carbocycles. The van der Waals surface area contributed by atoms with Crippen molar-refractivity contribution in [3.63, 3.8) is 0 Å². The van der Waals surface area contributed by atoms with E-state index in [1.165, 1.54) is 43.9 Å². The van der Waals surface area contributed by atoms with Crippen molar-refractivity contribution in [3.05, 3.63) is 47.3 Å². The number of aromatic nitrogens is 2. The van der Waals surface area contributed by atoms with Crippen molar-refractivity contribution in [1.29, 1.82) is 0 Å². The minimum Gasteiger partial charge on any atom is -0.490 e. The maximum absolute atomic E-state index is 11.1. The molecular weight excluding hydrogens is 340 g/mol. The second kappa shape index (κ2) is 8.13. The van der Waals surface area contributed by atoms with Gasteiger partial charge in [-0.25, -0.2) is 0 Å². The van der Waals surface area contributed by atoms with Crippen LogP contribution in [0.5, 0.6) is 5.75 Å². The number of hydrogen-bond donors (Lipinski definition) is 1. The Kier molecular flexibility index (Phi) is 5.43. The molecule has 2 aromatic rings. The van der Waals surface area contributed by atoms with Gasteiger partial charge in [0.15, 0.2) is 0 Å². The van der Waals surface area contributed by atoms with Crippen molar-refractivity contribution < 1.29 is 9.53 Å². The smallest absolute Gasteiger partial charge is 0.217 e. The van der Waals surface area contributed by atoms with Crippen LogP contribution in [-0.4, -0.2) is 33.2 Å². The molecule has 1 aromatic heterocycles. The molecule has 0 bridgehead atoms. The summed E-state index contributed by atoms with van der Waals surface area (Å²) in [6, 6.07) is 10.5. The van der Waals surface area contributed by atoms with Crippen LogP contribution in [0.15, 0.2) is 30.3 Å². The Bertz CT molecular complexity index is 795. The molecule has 2 aliphatic rings. The van der Waals surface area contributed by atoms with Crippen molar-refractivity contribution in [3.8, 4) is 5.75 Å². The molecule has 1 saturated carbocycles. The second-order valence-electron chi connectivity index (χ2n) is 7.60. The van der Waals surface area contributed by atoms with E-state index in [2.05, 4.69) is 50.3 Å². The van der Waals surface area contributed by atoms with Gasteiger partial charge < -0.3 is 10.1 Å². The first-order chi connectivity index (χ1) is 13.2. The van der Waals surface area contributed by atoms with Crippen LogP contribution in [0.3, 0.4) is 0 Å². The summed E-state index contributed by atoms with van der Waals surface area (Å²) in [5.41, 5.74) is 3.39. The number of nitrogens with zero attached hydrogens (tertiary/aromatic N) is 3. The van der Waals surface area contributed by atoms with E-state index in [4.69, 9.17) is 4.74 Å². The lowest BCUT2D eigenvalue weighted by atomic mass is 10.1. The minimum atomic E-state index is -0.0264. The Hall–Kier alpha value is -2.34. The Balaban J connectivity index is 1.40. The fourth-order valence-corrected chi connectivity index (χ4v) is 3.99. The summed E-state index contributed by atoms with van der Waals surface area (Å²) in [4.78, 5) is 13.5. The fourth-order valence-electron chi connectivity index (χ4n) is 3.99. The Morgan fingerprint density at radius 2 is 2.07 bits per heavy atom. The molecule has 144 valence electrons. The van der Waals surface area contributed by atoms with Gasteiger partial charge in [0.25, 0.3) is 0 Å². The number of benzene rings is 1. The first kappa shape index (κ1) is 18.0. The number of nitrogens with one attached hydrogen (secondary N) is 1. The lowest BCUT2D eigenvalue weighted by Gasteiger charge is -2.28. The van der Waals surface area contributed by atoms with Gasteiger partial charge in [-0.1, -0.05) is 18.2 Å². The molecule has 1 amide bonds. The largest absolute Gasteiger partial charge is 0.490 e. The average molecular weight is 368 g/mol. The molecule has 0 saturated heterocycles. The number of ether oxygens (including phenoxy) is 1. The summed E-state index contributed by atoms with van der Waals surface area (Å²) in [5.74, 6) is 1.01. The monoisotopic (exact) mass is 368 g/mol. The molecule has 0 spiro atoms. The standard InChI is InChI=1S/C21H28N4O2/c1-16(26)22-13-18-12-19-15-24(10-11-25(19)23-18)14-17-6-2-5-9-21(17)27-20-7-3-4-8-20/h2,5-6,9,12,20H,3-4,7-8,10-11,13-15H2,1H3,(H,22,26). The number of fused-ring (bicyclic) bond motifs is 1. The van der Waals surface area contributed by atoms with E-state index in [-0.39, 0.29) is 5.91 Å². The average Bonchev–Trinajstić information content (AvgIpc) is 3.30. The number of carbonyl (C=O) groups is 1. The van der Waals surface area contributed by atoms with E-state index in [0.717, 1.165) is 37.6 Å². The van der Waals surface area contributed by atoms with E-state index in [0.29, 0.717) is 12.6 Å². The maximum atomic E-state index is 11.1. The van der Waals surface area contributed by atoms with E-state index in [9.17, 15) is 4.79 Å². The zero-order valence-corrected chi connectivity index (χ0v) is 16.0. The van der Waals surface area contributed by atoms with Gasteiger partial charge >= 0.3 is 0 Å². The van der Waals surface area contributed by atoms with E-state index in [1.54, 1.807) is 0 Å². The highest BCUT2D eigenvalue weighted by molar-refractivity contribution is 5.72. The van der Waals surface area contributed by atoms with Gasteiger partial charge in [0.1, 0.15) is 5.75 Å². The van der Waals surface area contributed by atoms with Crippen LogP contribution < -0.4 is 10.1 Å². The van der Waals surface area contributed by atoms with Crippen LogP contribution >= 0.6 is 0 Å². The van der Waals surface area contributed by atoms with Gasteiger partial charge in [0.2, 0.25) is 5.91 Å². The summed E-state index contributed by atoms with van der Waals surface area (Å²) in [6.07, 6.45) is 5.29. The van der Waals surface area contributed by atoms with E-state index < -0.39 is 0 Å². The summed E-state index contributed by atoms with van der Waals surface area (Å²) in [7, 11) is 0. The summed E-state index contributed by atoms with van der Waals surface area (Å²) < 4.78 is 8.36. The summed E-state index contributed by atoms with van der Waals surface area (Å²) >= 11 is 0. The first-order valence-corrected chi connectivity index (χ1v) is 9.94. The highest BCUT2D eigenvalue weighted by atomic mass is 16.5. The molecular formula is C21H28N4O2. The van der Waals surface area contributed by atoms with E-state index >= 15 is 0 Å². The van der Waals surface area contributed by atoms with Gasteiger partial charge in [-0.2, -0.15) is 5.10 Å². The number of hydrogen-bond acceptors (Lipinski definition) is 4. The summed E-state index contributed by atoms with van der Waals surface area (Å²) in [6.45, 7) is 5.61. The molecule has 1 aliphatic heterocycles. The van der Waals surface area contributed by atoms with Gasteiger partial charge in [-0.05, 0) is 37.8 Å². The Labute approximate surface area is 160 Å². The highest BCUT2D eigenvalue weighted by Crippen LogP contribution is 2.28. The van der Waals surface area contributed by atoms with Crippen molar-refractivity contribution in [2.45, 2.75) is 64.9 Å². The van der Waals surface area contributed by atoms with Gasteiger partial charge in [0.05, 0.1) is 30.6 Å². The van der Waals surface area contributed by atoms with Crippen LogP contribution in [0.4, 0.5) is 0 Å². The molecule has 1 aromatic carbocycles. The Morgan fingerprint density at radius 1 is 1.26 bits per heavy atom. The molecule has 1 fully saturated rings. The zero-order chi connectivity index (χ0) is 18.6. The number of carbonyl (C=O) groups excluding carboxylic acids is 1. The molecule has 0 atom stereocenters. The van der Waals surface area contributed by atoms with Crippen molar-refractivity contribution in [2.24, 2.45) is 0 Å². The quantitative estimate of drug-likeness (QED) is 0.852. The van der Waals surface area contributed by atoms with Crippen LogP contribution in [0.2, 0.25) is 0 Å². The molecule has 6 heteroatoms. The molecule has 4 rings (SSSR count). The van der Waals surface area contributed by atoms with Gasteiger partial charge in [-0.3, -0.25) is 14.4 Å². The molecule has 0 radical (unpaired) electrons. The lowest BCUT2D eigenvalue weighted by Crippen LogP contribution is -2.33. The third-order valence-corrected chi connectivity index (χ3v) is 5.41. The predicted molar refractivity (Wildman–Crippen MR) is 103 cm³/mol. The minimum absolute atomic E-state index is 0.0264. The summed E-state index contributed by atoms with van der Waals surface area (Å²) in [5, 5.41) is 7.42. The van der Waals surface area contributed by atoms with Crippen LogP contribution in [0, 0.1) is 0 Å².